The lowest BCUT2D eigenvalue weighted by molar-refractivity contribution is 0.187. The van der Waals surface area contributed by atoms with Crippen LogP contribution >= 0.6 is 12.6 Å². The van der Waals surface area contributed by atoms with Crippen LogP contribution in [0.1, 0.15) is 19.4 Å². The molecule has 0 spiro atoms. The molecule has 1 aliphatic heterocycles. The van der Waals surface area contributed by atoms with Crippen LogP contribution in [0, 0.1) is 11.8 Å². The van der Waals surface area contributed by atoms with Crippen molar-refractivity contribution in [2.75, 3.05) is 25.4 Å². The molecule has 0 aromatic heterocycles. The molecule has 2 nitrogen and oxygen atoms in total. The van der Waals surface area contributed by atoms with Gasteiger partial charge in [-0.1, -0.05) is 32.0 Å². The van der Waals surface area contributed by atoms with Gasteiger partial charge in [-0.15, -0.1) is 0 Å². The van der Waals surface area contributed by atoms with E-state index in [9.17, 15) is 0 Å². The number of rotatable bonds is 4. The lowest BCUT2D eigenvalue weighted by atomic mass is 9.97. The van der Waals surface area contributed by atoms with Gasteiger partial charge in [0.15, 0.2) is 0 Å². The van der Waals surface area contributed by atoms with Gasteiger partial charge in [0.2, 0.25) is 0 Å². The van der Waals surface area contributed by atoms with Crippen LogP contribution in [0.5, 0.6) is 5.75 Å². The molecule has 0 radical (unpaired) electrons. The van der Waals surface area contributed by atoms with Crippen LogP contribution in [0.2, 0.25) is 0 Å². The Kier molecular flexibility index (Phi) is 4.95. The summed E-state index contributed by atoms with van der Waals surface area (Å²) in [5.74, 6) is 3.34. The minimum absolute atomic E-state index is 0.651. The maximum absolute atomic E-state index is 5.79. The van der Waals surface area contributed by atoms with Crippen molar-refractivity contribution in [3.05, 3.63) is 29.8 Å². The first kappa shape index (κ1) is 13.8. The van der Waals surface area contributed by atoms with Crippen molar-refractivity contribution in [2.45, 2.75) is 20.4 Å². The van der Waals surface area contributed by atoms with Gasteiger partial charge in [0, 0.05) is 25.2 Å². The van der Waals surface area contributed by atoms with Gasteiger partial charge in [0.05, 0.1) is 0 Å². The largest absolute Gasteiger partial charge is 0.492 e. The highest BCUT2D eigenvalue weighted by molar-refractivity contribution is 7.80. The van der Waals surface area contributed by atoms with E-state index in [2.05, 4.69) is 49.6 Å². The average Bonchev–Trinajstić information content (AvgIpc) is 2.57. The minimum atomic E-state index is 0.651. The summed E-state index contributed by atoms with van der Waals surface area (Å²) in [6, 6.07) is 8.36. The van der Waals surface area contributed by atoms with Crippen molar-refractivity contribution < 1.29 is 4.74 Å². The Morgan fingerprint density at radius 1 is 1.33 bits per heavy atom. The van der Waals surface area contributed by atoms with E-state index in [0.29, 0.717) is 11.8 Å². The van der Waals surface area contributed by atoms with Crippen molar-refractivity contribution >= 4 is 12.6 Å². The van der Waals surface area contributed by atoms with Gasteiger partial charge in [-0.25, -0.2) is 0 Å². The van der Waals surface area contributed by atoms with E-state index in [1.807, 2.05) is 6.07 Å². The van der Waals surface area contributed by atoms with Gasteiger partial charge in [0.25, 0.3) is 0 Å². The number of ether oxygens (including phenoxy) is 1. The van der Waals surface area contributed by atoms with Gasteiger partial charge in [-0.2, -0.15) is 12.6 Å². The summed E-state index contributed by atoms with van der Waals surface area (Å²) in [5.41, 5.74) is 1.30. The summed E-state index contributed by atoms with van der Waals surface area (Å²) in [6.07, 6.45) is 0. The predicted molar refractivity (Wildman–Crippen MR) is 79.4 cm³/mol. The summed E-state index contributed by atoms with van der Waals surface area (Å²) in [7, 11) is 0. The summed E-state index contributed by atoms with van der Waals surface area (Å²) >= 11 is 4.48. The highest BCUT2D eigenvalue weighted by atomic mass is 32.1. The van der Waals surface area contributed by atoms with Gasteiger partial charge in [0.1, 0.15) is 12.4 Å². The molecule has 1 aromatic rings. The normalized spacial score (nSPS) is 18.0. The number of nitrogens with zero attached hydrogens (tertiary/aromatic N) is 1. The fourth-order valence-electron chi connectivity index (χ4n) is 2.35. The third-order valence-electron chi connectivity index (χ3n) is 3.70. The van der Waals surface area contributed by atoms with Gasteiger partial charge in [-0.3, -0.25) is 4.90 Å². The van der Waals surface area contributed by atoms with E-state index < -0.39 is 0 Å². The fraction of sp³-hybridized carbons (Fsp3) is 0.600. The molecule has 1 heterocycles. The monoisotopic (exact) mass is 265 g/mol. The summed E-state index contributed by atoms with van der Waals surface area (Å²) in [4.78, 5) is 2.49. The smallest absolute Gasteiger partial charge is 0.123 e. The molecule has 100 valence electrons. The highest BCUT2D eigenvalue weighted by Crippen LogP contribution is 2.24. The molecule has 1 unspecified atom stereocenters. The summed E-state index contributed by atoms with van der Waals surface area (Å²) in [5, 5.41) is 0. The first-order valence-corrected chi connectivity index (χ1v) is 7.38. The molecule has 0 amide bonds. The Morgan fingerprint density at radius 3 is 2.83 bits per heavy atom. The third-order valence-corrected chi connectivity index (χ3v) is 4.17. The third kappa shape index (κ3) is 3.42. The lowest BCUT2D eigenvalue weighted by Gasteiger charge is -2.27. The van der Waals surface area contributed by atoms with Crippen molar-refractivity contribution in [1.29, 1.82) is 0 Å². The second kappa shape index (κ2) is 6.48. The molecule has 0 saturated heterocycles. The van der Waals surface area contributed by atoms with Crippen LogP contribution in [0.3, 0.4) is 0 Å². The Hall–Kier alpha value is -0.670. The lowest BCUT2D eigenvalue weighted by Crippen LogP contribution is -2.33. The topological polar surface area (TPSA) is 12.5 Å². The molecule has 1 atom stereocenters. The fourth-order valence-corrected chi connectivity index (χ4v) is 2.88. The molecule has 0 saturated carbocycles. The Bertz CT molecular complexity index is 381. The van der Waals surface area contributed by atoms with Crippen molar-refractivity contribution in [3.8, 4) is 5.75 Å². The van der Waals surface area contributed by atoms with Crippen LogP contribution in [-0.2, 0) is 6.54 Å². The van der Waals surface area contributed by atoms with Crippen LogP contribution < -0.4 is 4.74 Å². The summed E-state index contributed by atoms with van der Waals surface area (Å²) in [6.45, 7) is 8.46. The van der Waals surface area contributed by atoms with E-state index in [1.165, 1.54) is 5.56 Å². The molecular weight excluding hydrogens is 242 g/mol. The Balaban J connectivity index is 2.03. The SMILES string of the molecule is CC(C)C(CS)CN1CCOc2ccccc2C1. The molecule has 1 aromatic carbocycles. The minimum Gasteiger partial charge on any atom is -0.492 e. The van der Waals surface area contributed by atoms with Crippen molar-refractivity contribution in [1.82, 2.24) is 4.90 Å². The Labute approximate surface area is 116 Å². The van der Waals surface area contributed by atoms with Crippen LogP contribution in [-0.4, -0.2) is 30.3 Å². The van der Waals surface area contributed by atoms with E-state index in [4.69, 9.17) is 4.74 Å². The first-order chi connectivity index (χ1) is 8.70. The Morgan fingerprint density at radius 2 is 2.11 bits per heavy atom. The van der Waals surface area contributed by atoms with Crippen LogP contribution in [0.15, 0.2) is 24.3 Å². The zero-order valence-corrected chi connectivity index (χ0v) is 12.2. The molecule has 1 aliphatic rings. The van der Waals surface area contributed by atoms with Crippen molar-refractivity contribution in [3.63, 3.8) is 0 Å². The number of thiol groups is 1. The van der Waals surface area contributed by atoms with Crippen LogP contribution in [0.25, 0.3) is 0 Å². The number of para-hydroxylation sites is 1. The number of fused-ring (bicyclic) bond motifs is 1. The average molecular weight is 265 g/mol. The van der Waals surface area contributed by atoms with Crippen molar-refractivity contribution in [2.24, 2.45) is 11.8 Å². The zero-order valence-electron chi connectivity index (χ0n) is 11.3. The molecule has 2 rings (SSSR count). The zero-order chi connectivity index (χ0) is 13.0. The molecule has 0 bridgehead atoms. The van der Waals surface area contributed by atoms with E-state index in [1.54, 1.807) is 0 Å². The maximum atomic E-state index is 5.79. The molecular formula is C15H23NOS. The van der Waals surface area contributed by atoms with E-state index in [0.717, 1.165) is 37.7 Å². The standard InChI is InChI=1S/C15H23NOS/c1-12(2)14(11-18)10-16-7-8-17-15-6-4-3-5-13(15)9-16/h3-6,12,14,18H,7-11H2,1-2H3. The van der Waals surface area contributed by atoms with E-state index in [-0.39, 0.29) is 0 Å². The molecule has 3 heteroatoms. The quantitative estimate of drug-likeness (QED) is 0.840. The highest BCUT2D eigenvalue weighted by Gasteiger charge is 2.19. The predicted octanol–water partition coefficient (Wildman–Crippen LogP) is 3.08. The second-order valence-electron chi connectivity index (χ2n) is 5.38. The van der Waals surface area contributed by atoms with Gasteiger partial charge >= 0.3 is 0 Å². The maximum Gasteiger partial charge on any atom is 0.123 e. The second-order valence-corrected chi connectivity index (χ2v) is 5.74. The molecule has 0 N–H and O–H groups in total. The molecule has 0 fully saturated rings. The van der Waals surface area contributed by atoms with E-state index >= 15 is 0 Å². The van der Waals surface area contributed by atoms with Gasteiger partial charge in [-0.05, 0) is 23.7 Å². The number of benzene rings is 1. The number of hydrogen-bond donors (Lipinski definition) is 1. The number of hydrogen-bond acceptors (Lipinski definition) is 3. The molecule has 18 heavy (non-hydrogen) atoms. The van der Waals surface area contributed by atoms with Gasteiger partial charge < -0.3 is 4.74 Å². The molecule has 0 aliphatic carbocycles. The first-order valence-electron chi connectivity index (χ1n) is 6.74. The van der Waals surface area contributed by atoms with Crippen LogP contribution in [0.4, 0.5) is 0 Å². The summed E-state index contributed by atoms with van der Waals surface area (Å²) < 4.78 is 5.79.